The summed E-state index contributed by atoms with van der Waals surface area (Å²) in [6, 6.07) is 7.99. The van der Waals surface area contributed by atoms with Crippen LogP contribution in [0.4, 0.5) is 4.79 Å². The first-order valence-electron chi connectivity index (χ1n) is 8.07. The average molecular weight is 330 g/mol. The zero-order valence-electron chi connectivity index (χ0n) is 14.7. The van der Waals surface area contributed by atoms with E-state index in [2.05, 4.69) is 46.9 Å². The number of aryl methyl sites for hydroxylation is 2. The molecule has 0 saturated heterocycles. The second-order valence-electron chi connectivity index (χ2n) is 6.55. The highest BCUT2D eigenvalue weighted by atomic mass is 16.3. The molecule has 1 aromatic heterocycles. The van der Waals surface area contributed by atoms with E-state index < -0.39 is 5.60 Å². The highest BCUT2D eigenvalue weighted by Gasteiger charge is 2.25. The van der Waals surface area contributed by atoms with Gasteiger partial charge in [0.25, 0.3) is 0 Å². The van der Waals surface area contributed by atoms with Gasteiger partial charge in [-0.05, 0) is 25.3 Å². The highest BCUT2D eigenvalue weighted by molar-refractivity contribution is 5.74. The summed E-state index contributed by atoms with van der Waals surface area (Å²) in [7, 11) is 1.78. The zero-order chi connectivity index (χ0) is 17.7. The lowest BCUT2D eigenvalue weighted by Gasteiger charge is -2.22. The molecule has 3 N–H and O–H groups in total. The molecule has 2 aromatic rings. The van der Waals surface area contributed by atoms with Crippen LogP contribution in [0.25, 0.3) is 0 Å². The van der Waals surface area contributed by atoms with Crippen molar-refractivity contribution in [3.8, 4) is 0 Å². The van der Waals surface area contributed by atoms with E-state index >= 15 is 0 Å². The molecule has 0 saturated carbocycles. The van der Waals surface area contributed by atoms with Crippen LogP contribution in [0, 0.1) is 6.92 Å². The summed E-state index contributed by atoms with van der Waals surface area (Å²) in [5.74, 6) is 0.218. The predicted octanol–water partition coefficient (Wildman–Crippen LogP) is 2.04. The SMILES string of the molecule is Cc1ccc(C(C)CNC(=O)NCC(C)(O)c2cnn(C)c2)cc1. The second kappa shape index (κ2) is 7.49. The van der Waals surface area contributed by atoms with Crippen molar-refractivity contribution in [2.75, 3.05) is 13.1 Å². The number of carbonyl (C=O) groups excluding carboxylic acids is 1. The number of amides is 2. The third kappa shape index (κ3) is 4.83. The van der Waals surface area contributed by atoms with Crippen LogP contribution < -0.4 is 10.6 Å². The molecule has 0 bridgehead atoms. The number of hydrogen-bond acceptors (Lipinski definition) is 3. The largest absolute Gasteiger partial charge is 0.383 e. The summed E-state index contributed by atoms with van der Waals surface area (Å²) < 4.78 is 1.62. The Hall–Kier alpha value is -2.34. The van der Waals surface area contributed by atoms with Crippen molar-refractivity contribution in [3.05, 3.63) is 53.3 Å². The molecule has 0 aliphatic rings. The van der Waals surface area contributed by atoms with Crippen molar-refractivity contribution in [2.45, 2.75) is 32.3 Å². The van der Waals surface area contributed by atoms with E-state index in [1.807, 2.05) is 6.92 Å². The number of nitrogens with one attached hydrogen (secondary N) is 2. The van der Waals surface area contributed by atoms with Crippen LogP contribution in [0.5, 0.6) is 0 Å². The number of urea groups is 1. The lowest BCUT2D eigenvalue weighted by atomic mass is 9.99. The molecule has 0 radical (unpaired) electrons. The van der Waals surface area contributed by atoms with E-state index in [9.17, 15) is 9.90 Å². The maximum Gasteiger partial charge on any atom is 0.314 e. The lowest BCUT2D eigenvalue weighted by molar-refractivity contribution is 0.0593. The van der Waals surface area contributed by atoms with Crippen LogP contribution in [-0.2, 0) is 12.6 Å². The smallest absolute Gasteiger partial charge is 0.314 e. The normalized spacial score (nSPS) is 14.7. The summed E-state index contributed by atoms with van der Waals surface area (Å²) in [6.45, 7) is 6.41. The van der Waals surface area contributed by atoms with E-state index in [0.29, 0.717) is 12.1 Å². The van der Waals surface area contributed by atoms with Crippen LogP contribution in [0.1, 0.15) is 36.5 Å². The number of carbonyl (C=O) groups is 1. The summed E-state index contributed by atoms with van der Waals surface area (Å²) in [5, 5.41) is 20.0. The highest BCUT2D eigenvalue weighted by Crippen LogP contribution is 2.18. The number of hydrogen-bond donors (Lipinski definition) is 3. The molecule has 2 amide bonds. The Morgan fingerprint density at radius 3 is 2.58 bits per heavy atom. The number of rotatable bonds is 6. The van der Waals surface area contributed by atoms with Crippen LogP contribution in [-0.4, -0.2) is 34.0 Å². The standard InChI is InChI=1S/C18H26N4O2/c1-13-5-7-15(8-6-13)14(2)9-19-17(23)20-12-18(3,24)16-10-21-22(4)11-16/h5-8,10-11,14,24H,9,12H2,1-4H3,(H2,19,20,23). The van der Waals surface area contributed by atoms with Gasteiger partial charge in [0.15, 0.2) is 0 Å². The Balaban J connectivity index is 1.79. The van der Waals surface area contributed by atoms with E-state index in [1.54, 1.807) is 31.0 Å². The molecule has 24 heavy (non-hydrogen) atoms. The van der Waals surface area contributed by atoms with Gasteiger partial charge >= 0.3 is 6.03 Å². The van der Waals surface area contributed by atoms with Gasteiger partial charge in [0, 0.05) is 25.4 Å². The summed E-state index contributed by atoms with van der Waals surface area (Å²) in [5.41, 5.74) is 1.91. The predicted molar refractivity (Wildman–Crippen MR) is 93.8 cm³/mol. The Morgan fingerprint density at radius 1 is 1.33 bits per heavy atom. The van der Waals surface area contributed by atoms with Gasteiger partial charge in [-0.15, -0.1) is 0 Å². The second-order valence-corrected chi connectivity index (χ2v) is 6.55. The van der Waals surface area contributed by atoms with Gasteiger partial charge in [0.1, 0.15) is 5.60 Å². The number of aromatic nitrogens is 2. The van der Waals surface area contributed by atoms with Crippen LogP contribution in [0.15, 0.2) is 36.7 Å². The fourth-order valence-electron chi connectivity index (χ4n) is 2.37. The Morgan fingerprint density at radius 2 is 2.00 bits per heavy atom. The molecule has 0 fully saturated rings. The summed E-state index contributed by atoms with van der Waals surface area (Å²) in [6.07, 6.45) is 3.33. The van der Waals surface area contributed by atoms with Gasteiger partial charge in [-0.25, -0.2) is 4.79 Å². The Bertz CT molecular complexity index is 677. The molecule has 130 valence electrons. The van der Waals surface area contributed by atoms with Crippen LogP contribution in [0.2, 0.25) is 0 Å². The van der Waals surface area contributed by atoms with Crippen molar-refractivity contribution in [1.82, 2.24) is 20.4 Å². The molecule has 6 heteroatoms. The number of aliphatic hydroxyl groups is 1. The minimum absolute atomic E-state index is 0.115. The quantitative estimate of drug-likeness (QED) is 0.758. The lowest BCUT2D eigenvalue weighted by Crippen LogP contribution is -2.44. The Labute approximate surface area is 142 Å². The average Bonchev–Trinajstić information content (AvgIpc) is 2.99. The molecule has 6 nitrogen and oxygen atoms in total. The third-order valence-corrected chi connectivity index (χ3v) is 4.14. The minimum atomic E-state index is -1.16. The van der Waals surface area contributed by atoms with Crippen molar-refractivity contribution < 1.29 is 9.90 Å². The van der Waals surface area contributed by atoms with E-state index in [-0.39, 0.29) is 18.5 Å². The van der Waals surface area contributed by atoms with Gasteiger partial charge in [0.2, 0.25) is 0 Å². The number of nitrogens with zero attached hydrogens (tertiary/aromatic N) is 2. The van der Waals surface area contributed by atoms with Crippen LogP contribution >= 0.6 is 0 Å². The molecule has 2 unspecified atom stereocenters. The molecule has 0 spiro atoms. The third-order valence-electron chi connectivity index (χ3n) is 4.14. The zero-order valence-corrected chi connectivity index (χ0v) is 14.7. The topological polar surface area (TPSA) is 79.2 Å². The Kier molecular flexibility index (Phi) is 5.62. The van der Waals surface area contributed by atoms with Gasteiger partial charge in [-0.2, -0.15) is 5.10 Å². The molecule has 1 aromatic carbocycles. The first kappa shape index (κ1) is 18.0. The van der Waals surface area contributed by atoms with Crippen LogP contribution in [0.3, 0.4) is 0 Å². The molecular formula is C18H26N4O2. The fourth-order valence-corrected chi connectivity index (χ4v) is 2.37. The van der Waals surface area contributed by atoms with Gasteiger partial charge in [0.05, 0.1) is 12.7 Å². The van der Waals surface area contributed by atoms with E-state index in [0.717, 1.165) is 0 Å². The maximum absolute atomic E-state index is 12.0. The van der Waals surface area contributed by atoms with E-state index in [4.69, 9.17) is 0 Å². The van der Waals surface area contributed by atoms with Crippen molar-refractivity contribution in [2.24, 2.45) is 7.05 Å². The molecule has 1 heterocycles. The first-order valence-corrected chi connectivity index (χ1v) is 8.07. The monoisotopic (exact) mass is 330 g/mol. The van der Waals surface area contributed by atoms with Crippen molar-refractivity contribution in [3.63, 3.8) is 0 Å². The van der Waals surface area contributed by atoms with E-state index in [1.165, 1.54) is 11.1 Å². The summed E-state index contributed by atoms with van der Waals surface area (Å²) in [4.78, 5) is 12.0. The van der Waals surface area contributed by atoms with Crippen molar-refractivity contribution in [1.29, 1.82) is 0 Å². The fraction of sp³-hybridized carbons (Fsp3) is 0.444. The molecule has 0 aliphatic heterocycles. The molecular weight excluding hydrogens is 304 g/mol. The van der Waals surface area contributed by atoms with Crippen molar-refractivity contribution >= 4 is 6.03 Å². The first-order chi connectivity index (χ1) is 11.3. The number of benzene rings is 1. The van der Waals surface area contributed by atoms with Gasteiger partial charge < -0.3 is 15.7 Å². The molecule has 0 aliphatic carbocycles. The summed E-state index contributed by atoms with van der Waals surface area (Å²) >= 11 is 0. The maximum atomic E-state index is 12.0. The minimum Gasteiger partial charge on any atom is -0.383 e. The van der Waals surface area contributed by atoms with Gasteiger partial charge in [-0.1, -0.05) is 36.8 Å². The molecule has 2 atom stereocenters. The van der Waals surface area contributed by atoms with Gasteiger partial charge in [-0.3, -0.25) is 4.68 Å². The molecule has 2 rings (SSSR count).